The summed E-state index contributed by atoms with van der Waals surface area (Å²) < 4.78 is 1.77. The molecule has 3 heterocycles. The Bertz CT molecular complexity index is 792. The number of benzene rings is 1. The molecule has 1 aliphatic heterocycles. The highest BCUT2D eigenvalue weighted by Gasteiger charge is 2.31. The van der Waals surface area contributed by atoms with Gasteiger partial charge in [0.25, 0.3) is 0 Å². The number of halogens is 1. The lowest BCUT2D eigenvalue weighted by molar-refractivity contribution is 0.0820. The van der Waals surface area contributed by atoms with Crippen LogP contribution in [0.4, 0.5) is 5.13 Å². The average molecular weight is 367 g/mol. The summed E-state index contributed by atoms with van der Waals surface area (Å²) in [6.45, 7) is 0.528. The highest BCUT2D eigenvalue weighted by molar-refractivity contribution is 7.99. The van der Waals surface area contributed by atoms with Gasteiger partial charge in [-0.25, -0.2) is 9.50 Å². The van der Waals surface area contributed by atoms with Gasteiger partial charge in [-0.3, -0.25) is 0 Å². The quantitative estimate of drug-likeness (QED) is 0.741. The summed E-state index contributed by atoms with van der Waals surface area (Å²) in [4.78, 5) is 5.42. The standard InChI is InChI=1S/C15H15ClN4OS2/c16-11-3-1-10(2-4-11)12-7-20-14(18-12)23-13(19-20)17-8-15(21)5-6-22-9-15/h1-4,7,21H,5-6,8-9H2,(H,17,19). The van der Waals surface area contributed by atoms with Crippen LogP contribution in [0.3, 0.4) is 0 Å². The Kier molecular flexibility index (Phi) is 3.96. The van der Waals surface area contributed by atoms with Crippen molar-refractivity contribution in [3.63, 3.8) is 0 Å². The largest absolute Gasteiger partial charge is 0.387 e. The van der Waals surface area contributed by atoms with Crippen molar-refractivity contribution in [2.24, 2.45) is 0 Å². The number of nitrogens with one attached hydrogen (secondary N) is 1. The summed E-state index contributed by atoms with van der Waals surface area (Å²) in [7, 11) is 0. The molecular weight excluding hydrogens is 352 g/mol. The molecule has 2 N–H and O–H groups in total. The van der Waals surface area contributed by atoms with Crippen LogP contribution in [0.2, 0.25) is 5.02 Å². The van der Waals surface area contributed by atoms with E-state index in [1.54, 1.807) is 16.3 Å². The van der Waals surface area contributed by atoms with E-state index in [1.807, 2.05) is 30.5 Å². The molecule has 8 heteroatoms. The molecule has 2 aromatic heterocycles. The zero-order valence-electron chi connectivity index (χ0n) is 12.2. The molecule has 0 amide bonds. The molecule has 4 rings (SSSR count). The number of thioether (sulfide) groups is 1. The Hall–Kier alpha value is -1.28. The van der Waals surface area contributed by atoms with Crippen molar-refractivity contribution in [1.29, 1.82) is 0 Å². The van der Waals surface area contributed by atoms with Gasteiger partial charge < -0.3 is 10.4 Å². The number of nitrogens with zero attached hydrogens (tertiary/aromatic N) is 3. The first-order valence-electron chi connectivity index (χ1n) is 7.28. The highest BCUT2D eigenvalue weighted by Crippen LogP contribution is 2.29. The molecule has 120 valence electrons. The van der Waals surface area contributed by atoms with Crippen molar-refractivity contribution in [3.05, 3.63) is 35.5 Å². The van der Waals surface area contributed by atoms with Gasteiger partial charge in [0.05, 0.1) is 17.5 Å². The number of anilines is 1. The molecule has 3 aromatic rings. The van der Waals surface area contributed by atoms with E-state index in [0.29, 0.717) is 11.6 Å². The second kappa shape index (κ2) is 5.98. The van der Waals surface area contributed by atoms with E-state index in [9.17, 15) is 5.11 Å². The van der Waals surface area contributed by atoms with Crippen LogP contribution in [0.1, 0.15) is 6.42 Å². The van der Waals surface area contributed by atoms with Gasteiger partial charge in [-0.2, -0.15) is 11.8 Å². The van der Waals surface area contributed by atoms with Crippen LogP contribution in [-0.4, -0.2) is 43.4 Å². The molecule has 1 fully saturated rings. The number of hydrogen-bond acceptors (Lipinski definition) is 6. The third kappa shape index (κ3) is 3.19. The first-order chi connectivity index (χ1) is 11.1. The number of aliphatic hydroxyl groups is 1. The van der Waals surface area contributed by atoms with Gasteiger partial charge in [0, 0.05) is 22.9 Å². The second-order valence-electron chi connectivity index (χ2n) is 5.65. The predicted octanol–water partition coefficient (Wildman–Crippen LogP) is 3.39. The summed E-state index contributed by atoms with van der Waals surface area (Å²) in [5.74, 6) is 1.80. The summed E-state index contributed by atoms with van der Waals surface area (Å²) in [5.41, 5.74) is 1.27. The van der Waals surface area contributed by atoms with E-state index in [4.69, 9.17) is 11.6 Å². The van der Waals surface area contributed by atoms with E-state index in [1.165, 1.54) is 11.3 Å². The van der Waals surface area contributed by atoms with Crippen LogP contribution >= 0.6 is 34.7 Å². The maximum atomic E-state index is 10.4. The van der Waals surface area contributed by atoms with Crippen molar-refractivity contribution < 1.29 is 5.11 Å². The van der Waals surface area contributed by atoms with E-state index < -0.39 is 5.60 Å². The lowest BCUT2D eigenvalue weighted by atomic mass is 10.0. The second-order valence-corrected chi connectivity index (χ2v) is 8.15. The molecule has 23 heavy (non-hydrogen) atoms. The lowest BCUT2D eigenvalue weighted by Crippen LogP contribution is -2.36. The number of rotatable bonds is 4. The minimum atomic E-state index is -0.618. The zero-order chi connectivity index (χ0) is 15.9. The lowest BCUT2D eigenvalue weighted by Gasteiger charge is -2.20. The zero-order valence-corrected chi connectivity index (χ0v) is 14.6. The van der Waals surface area contributed by atoms with E-state index in [0.717, 1.165) is 39.3 Å². The first-order valence-corrected chi connectivity index (χ1v) is 9.62. The van der Waals surface area contributed by atoms with Crippen LogP contribution in [0.5, 0.6) is 0 Å². The number of imidazole rings is 1. The molecule has 5 nitrogen and oxygen atoms in total. The fraction of sp³-hybridized carbons (Fsp3) is 0.333. The highest BCUT2D eigenvalue weighted by atomic mass is 35.5. The normalized spacial score (nSPS) is 21.1. The molecule has 1 unspecified atom stereocenters. The van der Waals surface area contributed by atoms with Crippen LogP contribution in [-0.2, 0) is 0 Å². The maximum Gasteiger partial charge on any atom is 0.214 e. The van der Waals surface area contributed by atoms with Gasteiger partial charge in [0.15, 0.2) is 0 Å². The van der Waals surface area contributed by atoms with Crippen LogP contribution in [0.15, 0.2) is 30.5 Å². The SMILES string of the molecule is OC1(CNc2nn3cc(-c4ccc(Cl)cc4)nc3s2)CCSC1. The van der Waals surface area contributed by atoms with Crippen molar-refractivity contribution in [2.75, 3.05) is 23.4 Å². The molecule has 0 aliphatic carbocycles. The van der Waals surface area contributed by atoms with Crippen LogP contribution in [0.25, 0.3) is 16.2 Å². The van der Waals surface area contributed by atoms with Gasteiger partial charge in [-0.1, -0.05) is 35.1 Å². The Morgan fingerprint density at radius 3 is 2.87 bits per heavy atom. The van der Waals surface area contributed by atoms with E-state index in [2.05, 4.69) is 15.4 Å². The molecule has 1 aromatic carbocycles. The molecule has 1 atom stereocenters. The summed E-state index contributed by atoms with van der Waals surface area (Å²) in [6, 6.07) is 7.60. The summed E-state index contributed by atoms with van der Waals surface area (Å²) in [6.07, 6.45) is 2.73. The minimum Gasteiger partial charge on any atom is -0.387 e. The van der Waals surface area contributed by atoms with Gasteiger partial charge in [-0.15, -0.1) is 5.10 Å². The smallest absolute Gasteiger partial charge is 0.214 e. The fourth-order valence-electron chi connectivity index (χ4n) is 2.51. The Morgan fingerprint density at radius 1 is 1.35 bits per heavy atom. The minimum absolute atomic E-state index is 0.528. The number of hydrogen-bond donors (Lipinski definition) is 2. The Balaban J connectivity index is 1.51. The number of fused-ring (bicyclic) bond motifs is 1. The molecule has 0 bridgehead atoms. The van der Waals surface area contributed by atoms with Gasteiger partial charge in [0.2, 0.25) is 10.1 Å². The van der Waals surface area contributed by atoms with Crippen LogP contribution < -0.4 is 5.32 Å². The average Bonchev–Trinajstić information content (AvgIpc) is 3.21. The summed E-state index contributed by atoms with van der Waals surface area (Å²) >= 11 is 9.18. The molecule has 1 aliphatic rings. The van der Waals surface area contributed by atoms with Gasteiger partial charge in [-0.05, 0) is 24.3 Å². The maximum absolute atomic E-state index is 10.4. The summed E-state index contributed by atoms with van der Waals surface area (Å²) in [5, 5.41) is 19.6. The molecule has 0 spiro atoms. The molecule has 0 saturated carbocycles. The monoisotopic (exact) mass is 366 g/mol. The third-order valence-electron chi connectivity index (χ3n) is 3.83. The van der Waals surface area contributed by atoms with Crippen molar-refractivity contribution >= 4 is 44.8 Å². The van der Waals surface area contributed by atoms with Crippen LogP contribution in [0, 0.1) is 0 Å². The molecular formula is C15H15ClN4OS2. The van der Waals surface area contributed by atoms with Crippen molar-refractivity contribution in [1.82, 2.24) is 14.6 Å². The third-order valence-corrected chi connectivity index (χ3v) is 6.20. The first kappa shape index (κ1) is 15.3. The van der Waals surface area contributed by atoms with Crippen molar-refractivity contribution in [2.45, 2.75) is 12.0 Å². The topological polar surface area (TPSA) is 62.5 Å². The van der Waals surface area contributed by atoms with Crippen molar-refractivity contribution in [3.8, 4) is 11.3 Å². The Labute approximate surface area is 146 Å². The van der Waals surface area contributed by atoms with E-state index in [-0.39, 0.29) is 0 Å². The fourth-order valence-corrected chi connectivity index (χ4v) is 4.71. The van der Waals surface area contributed by atoms with Gasteiger partial charge >= 0.3 is 0 Å². The van der Waals surface area contributed by atoms with E-state index >= 15 is 0 Å². The Morgan fingerprint density at radius 2 is 2.17 bits per heavy atom. The molecule has 1 saturated heterocycles. The molecule has 0 radical (unpaired) electrons. The van der Waals surface area contributed by atoms with Gasteiger partial charge in [0.1, 0.15) is 0 Å². The number of aromatic nitrogens is 3. The predicted molar refractivity (Wildman–Crippen MR) is 96.7 cm³/mol.